The molecule has 22 heavy (non-hydrogen) atoms. The highest BCUT2D eigenvalue weighted by Gasteiger charge is 2.21. The van der Waals surface area contributed by atoms with Gasteiger partial charge in [0, 0.05) is 31.7 Å². The van der Waals surface area contributed by atoms with E-state index in [0.29, 0.717) is 11.8 Å². The molecule has 0 N–H and O–H groups in total. The summed E-state index contributed by atoms with van der Waals surface area (Å²) in [5.41, 5.74) is 0.969. The van der Waals surface area contributed by atoms with Crippen LogP contribution >= 0.6 is 0 Å². The Morgan fingerprint density at radius 3 is 2.50 bits per heavy atom. The molecule has 0 aliphatic carbocycles. The Morgan fingerprint density at radius 2 is 1.82 bits per heavy atom. The Bertz CT molecular complexity index is 573. The SMILES string of the molecule is CC(C)CCN1CCN(c2noc(-c3ccccc3)n2)CC1. The molecule has 0 atom stereocenters. The molecule has 5 heteroatoms. The summed E-state index contributed by atoms with van der Waals surface area (Å²) < 4.78 is 5.39. The van der Waals surface area contributed by atoms with Crippen LogP contribution in [0.3, 0.4) is 0 Å². The second-order valence-electron chi connectivity index (χ2n) is 6.28. The number of piperazine rings is 1. The van der Waals surface area contributed by atoms with Crippen molar-refractivity contribution in [3.63, 3.8) is 0 Å². The fourth-order valence-corrected chi connectivity index (χ4v) is 2.65. The van der Waals surface area contributed by atoms with Crippen LogP contribution in [-0.4, -0.2) is 47.8 Å². The summed E-state index contributed by atoms with van der Waals surface area (Å²) in [7, 11) is 0. The van der Waals surface area contributed by atoms with Gasteiger partial charge in [-0.3, -0.25) is 4.90 Å². The second kappa shape index (κ2) is 6.92. The van der Waals surface area contributed by atoms with E-state index in [4.69, 9.17) is 4.52 Å². The minimum absolute atomic E-state index is 0.595. The lowest BCUT2D eigenvalue weighted by atomic mass is 10.1. The molecule has 118 valence electrons. The van der Waals surface area contributed by atoms with Crippen molar-refractivity contribution in [2.45, 2.75) is 20.3 Å². The topological polar surface area (TPSA) is 45.4 Å². The van der Waals surface area contributed by atoms with Gasteiger partial charge in [0.15, 0.2) is 0 Å². The summed E-state index contributed by atoms with van der Waals surface area (Å²) in [5.74, 6) is 2.07. The molecule has 0 bridgehead atoms. The zero-order valence-corrected chi connectivity index (χ0v) is 13.4. The molecular formula is C17H24N4O. The zero-order chi connectivity index (χ0) is 15.4. The number of benzene rings is 1. The molecule has 1 aliphatic rings. The predicted molar refractivity (Wildman–Crippen MR) is 87.8 cm³/mol. The molecule has 0 spiro atoms. The van der Waals surface area contributed by atoms with Gasteiger partial charge in [-0.2, -0.15) is 4.98 Å². The molecule has 1 aromatic heterocycles. The standard InChI is InChI=1S/C17H24N4O/c1-14(2)8-9-20-10-12-21(13-11-20)17-18-16(22-19-17)15-6-4-3-5-7-15/h3-7,14H,8-13H2,1-2H3. The summed E-state index contributed by atoms with van der Waals surface area (Å²) in [6.45, 7) is 9.82. The van der Waals surface area contributed by atoms with Gasteiger partial charge in [0.05, 0.1) is 0 Å². The van der Waals surface area contributed by atoms with Crippen molar-refractivity contribution in [3.05, 3.63) is 30.3 Å². The summed E-state index contributed by atoms with van der Waals surface area (Å²) in [6.07, 6.45) is 1.26. The maximum Gasteiger partial charge on any atom is 0.266 e. The molecule has 1 aliphatic heterocycles. The number of hydrogen-bond acceptors (Lipinski definition) is 5. The van der Waals surface area contributed by atoms with E-state index in [1.165, 1.54) is 13.0 Å². The number of anilines is 1. The van der Waals surface area contributed by atoms with Crippen LogP contribution in [0, 0.1) is 5.92 Å². The molecule has 2 aromatic rings. The van der Waals surface area contributed by atoms with Crippen molar-refractivity contribution >= 4 is 5.95 Å². The van der Waals surface area contributed by atoms with Gasteiger partial charge in [-0.1, -0.05) is 32.0 Å². The van der Waals surface area contributed by atoms with Gasteiger partial charge in [0.1, 0.15) is 0 Å². The highest BCUT2D eigenvalue weighted by atomic mass is 16.5. The molecule has 3 rings (SSSR count). The minimum atomic E-state index is 0.595. The lowest BCUT2D eigenvalue weighted by Crippen LogP contribution is -2.47. The van der Waals surface area contributed by atoms with Gasteiger partial charge in [-0.25, -0.2) is 0 Å². The lowest BCUT2D eigenvalue weighted by Gasteiger charge is -2.34. The summed E-state index contributed by atoms with van der Waals surface area (Å²) in [6, 6.07) is 9.92. The lowest BCUT2D eigenvalue weighted by molar-refractivity contribution is 0.242. The molecule has 0 unspecified atom stereocenters. The van der Waals surface area contributed by atoms with Crippen molar-refractivity contribution in [2.24, 2.45) is 5.92 Å². The highest BCUT2D eigenvalue weighted by Crippen LogP contribution is 2.20. The number of nitrogens with zero attached hydrogens (tertiary/aromatic N) is 4. The van der Waals surface area contributed by atoms with E-state index in [0.717, 1.165) is 37.7 Å². The predicted octanol–water partition coefficient (Wildman–Crippen LogP) is 2.90. The molecule has 0 radical (unpaired) electrons. The Morgan fingerprint density at radius 1 is 1.09 bits per heavy atom. The Hall–Kier alpha value is -1.88. The molecule has 2 heterocycles. The third-order valence-corrected chi connectivity index (χ3v) is 4.11. The van der Waals surface area contributed by atoms with E-state index < -0.39 is 0 Å². The quantitative estimate of drug-likeness (QED) is 0.849. The van der Waals surface area contributed by atoms with E-state index in [9.17, 15) is 0 Å². The average Bonchev–Trinajstić information content (AvgIpc) is 3.04. The molecule has 1 saturated heterocycles. The van der Waals surface area contributed by atoms with Gasteiger partial charge in [-0.05, 0) is 36.2 Å². The zero-order valence-electron chi connectivity index (χ0n) is 13.4. The van der Waals surface area contributed by atoms with E-state index >= 15 is 0 Å². The van der Waals surface area contributed by atoms with Crippen LogP contribution in [-0.2, 0) is 0 Å². The van der Waals surface area contributed by atoms with Gasteiger partial charge in [-0.15, -0.1) is 0 Å². The molecule has 5 nitrogen and oxygen atoms in total. The van der Waals surface area contributed by atoms with Crippen LogP contribution in [0.2, 0.25) is 0 Å². The van der Waals surface area contributed by atoms with E-state index in [-0.39, 0.29) is 0 Å². The third-order valence-electron chi connectivity index (χ3n) is 4.11. The molecule has 1 fully saturated rings. The first-order chi connectivity index (χ1) is 10.7. The smallest absolute Gasteiger partial charge is 0.266 e. The van der Waals surface area contributed by atoms with Crippen LogP contribution in [0.25, 0.3) is 11.5 Å². The maximum absolute atomic E-state index is 5.39. The first kappa shape index (κ1) is 15.0. The van der Waals surface area contributed by atoms with E-state index in [1.54, 1.807) is 0 Å². The first-order valence-corrected chi connectivity index (χ1v) is 8.09. The van der Waals surface area contributed by atoms with Crippen molar-refractivity contribution in [1.82, 2.24) is 15.0 Å². The van der Waals surface area contributed by atoms with Crippen molar-refractivity contribution < 1.29 is 4.52 Å². The Kier molecular flexibility index (Phi) is 4.73. The summed E-state index contributed by atoms with van der Waals surface area (Å²) >= 11 is 0. The Balaban J connectivity index is 1.57. The van der Waals surface area contributed by atoms with E-state index in [2.05, 4.69) is 33.8 Å². The minimum Gasteiger partial charge on any atom is -0.336 e. The highest BCUT2D eigenvalue weighted by molar-refractivity contribution is 5.54. The fraction of sp³-hybridized carbons (Fsp3) is 0.529. The van der Waals surface area contributed by atoms with Crippen molar-refractivity contribution in [1.29, 1.82) is 0 Å². The largest absolute Gasteiger partial charge is 0.336 e. The van der Waals surface area contributed by atoms with Crippen LogP contribution in [0.4, 0.5) is 5.95 Å². The maximum atomic E-state index is 5.39. The van der Waals surface area contributed by atoms with Gasteiger partial charge in [0.2, 0.25) is 0 Å². The van der Waals surface area contributed by atoms with Crippen LogP contribution in [0.5, 0.6) is 0 Å². The number of hydrogen-bond donors (Lipinski definition) is 0. The molecular weight excluding hydrogens is 276 g/mol. The van der Waals surface area contributed by atoms with Crippen molar-refractivity contribution in [3.8, 4) is 11.5 Å². The van der Waals surface area contributed by atoms with Crippen molar-refractivity contribution in [2.75, 3.05) is 37.6 Å². The molecule has 1 aromatic carbocycles. The Labute approximate surface area is 131 Å². The van der Waals surface area contributed by atoms with Gasteiger partial charge >= 0.3 is 0 Å². The van der Waals surface area contributed by atoms with Gasteiger partial charge < -0.3 is 9.42 Å². The third kappa shape index (κ3) is 3.65. The van der Waals surface area contributed by atoms with E-state index in [1.807, 2.05) is 30.3 Å². The molecule has 0 amide bonds. The van der Waals surface area contributed by atoms with Gasteiger partial charge in [0.25, 0.3) is 11.8 Å². The normalized spacial score (nSPS) is 16.4. The van der Waals surface area contributed by atoms with Crippen LogP contribution in [0.15, 0.2) is 34.9 Å². The second-order valence-corrected chi connectivity index (χ2v) is 6.28. The first-order valence-electron chi connectivity index (χ1n) is 8.09. The average molecular weight is 300 g/mol. The molecule has 0 saturated carbocycles. The van der Waals surface area contributed by atoms with Crippen LogP contribution < -0.4 is 4.90 Å². The number of rotatable bonds is 5. The summed E-state index contributed by atoms with van der Waals surface area (Å²) in [4.78, 5) is 9.27. The van der Waals surface area contributed by atoms with Crippen LogP contribution in [0.1, 0.15) is 20.3 Å². The number of aromatic nitrogens is 2. The fourth-order valence-electron chi connectivity index (χ4n) is 2.65. The summed E-state index contributed by atoms with van der Waals surface area (Å²) in [5, 5.41) is 4.14. The monoisotopic (exact) mass is 300 g/mol.